The van der Waals surface area contributed by atoms with Crippen molar-refractivity contribution in [3.63, 3.8) is 0 Å². The summed E-state index contributed by atoms with van der Waals surface area (Å²) in [6.45, 7) is 0. The molecule has 0 saturated heterocycles. The van der Waals surface area contributed by atoms with E-state index >= 15 is 0 Å². The van der Waals surface area contributed by atoms with Gasteiger partial charge in [-0.15, -0.1) is 5.10 Å². The van der Waals surface area contributed by atoms with E-state index < -0.39 is 17.7 Å². The van der Waals surface area contributed by atoms with Crippen molar-refractivity contribution in [1.29, 1.82) is 0 Å². The monoisotopic (exact) mass is 491 g/mol. The fraction of sp³-hybridized carbons (Fsp3) is 0.148. The molecule has 2 aromatic heterocycles. The maximum absolute atomic E-state index is 14.4. The number of H-pyrrole nitrogens is 1. The molecule has 4 aromatic rings. The summed E-state index contributed by atoms with van der Waals surface area (Å²) >= 11 is 6.56. The average Bonchev–Trinajstić information content (AvgIpc) is 3.17. The topological polar surface area (TPSA) is 78.9 Å². The van der Waals surface area contributed by atoms with Crippen LogP contribution in [0.15, 0.2) is 60.8 Å². The first kappa shape index (κ1) is 22.9. The zero-order valence-electron chi connectivity index (χ0n) is 18.4. The Balaban J connectivity index is 1.87. The van der Waals surface area contributed by atoms with Gasteiger partial charge in [-0.05, 0) is 77.4 Å². The summed E-state index contributed by atoms with van der Waals surface area (Å²) < 4.78 is 28.4. The van der Waals surface area contributed by atoms with Crippen LogP contribution in [0.4, 0.5) is 8.78 Å². The van der Waals surface area contributed by atoms with E-state index in [1.807, 2.05) is 12.1 Å². The summed E-state index contributed by atoms with van der Waals surface area (Å²) in [5.41, 5.74) is 4.65. The molecule has 176 valence electrons. The number of fused-ring (bicyclic) bond motifs is 1. The number of benzene rings is 2. The number of allylic oxidation sites excluding steroid dienone is 1. The van der Waals surface area contributed by atoms with Gasteiger partial charge in [0.05, 0.1) is 21.6 Å². The van der Waals surface area contributed by atoms with Crippen molar-refractivity contribution in [1.82, 2.24) is 15.2 Å². The van der Waals surface area contributed by atoms with Crippen LogP contribution in [-0.2, 0) is 4.79 Å². The maximum atomic E-state index is 14.4. The zero-order valence-corrected chi connectivity index (χ0v) is 19.2. The van der Waals surface area contributed by atoms with Crippen LogP contribution in [0.2, 0.25) is 5.02 Å². The number of aromatic nitrogens is 3. The van der Waals surface area contributed by atoms with Crippen molar-refractivity contribution in [2.45, 2.75) is 19.3 Å². The molecule has 1 aliphatic carbocycles. The molecular formula is C27H20ClF2N3O2. The summed E-state index contributed by atoms with van der Waals surface area (Å²) in [5, 5.41) is 16.1. The smallest absolute Gasteiger partial charge is 0.328 e. The minimum Gasteiger partial charge on any atom is -0.478 e. The van der Waals surface area contributed by atoms with Crippen LogP contribution in [0.1, 0.15) is 41.6 Å². The normalized spacial score (nSPS) is 14.8. The Hall–Kier alpha value is -3.84. The van der Waals surface area contributed by atoms with E-state index in [1.165, 1.54) is 18.2 Å². The van der Waals surface area contributed by atoms with Gasteiger partial charge in [0.1, 0.15) is 5.82 Å². The van der Waals surface area contributed by atoms with E-state index in [9.17, 15) is 18.7 Å². The molecule has 5 nitrogen and oxygen atoms in total. The average molecular weight is 492 g/mol. The number of carboxylic acid groups (broad SMARTS) is 1. The quantitative estimate of drug-likeness (QED) is 0.231. The van der Waals surface area contributed by atoms with Crippen LogP contribution in [0.5, 0.6) is 0 Å². The number of aromatic amines is 1. The molecule has 0 radical (unpaired) electrons. The predicted molar refractivity (Wildman–Crippen MR) is 132 cm³/mol. The minimum absolute atomic E-state index is 0.134. The summed E-state index contributed by atoms with van der Waals surface area (Å²) in [6.07, 6.45) is 6.89. The molecule has 1 fully saturated rings. The van der Waals surface area contributed by atoms with E-state index in [-0.39, 0.29) is 10.9 Å². The minimum atomic E-state index is -1.10. The van der Waals surface area contributed by atoms with E-state index in [1.54, 1.807) is 30.5 Å². The van der Waals surface area contributed by atoms with Gasteiger partial charge in [0.15, 0.2) is 0 Å². The summed E-state index contributed by atoms with van der Waals surface area (Å²) in [6, 6.07) is 13.2. The van der Waals surface area contributed by atoms with Crippen molar-refractivity contribution in [2.75, 3.05) is 0 Å². The van der Waals surface area contributed by atoms with Crippen LogP contribution in [0.3, 0.4) is 0 Å². The molecular weight excluding hydrogens is 472 g/mol. The fourth-order valence-corrected chi connectivity index (χ4v) is 4.74. The lowest BCUT2D eigenvalue weighted by Gasteiger charge is -2.32. The lowest BCUT2D eigenvalue weighted by Crippen LogP contribution is -2.16. The molecule has 0 bridgehead atoms. The number of carbonyl (C=O) groups is 1. The number of hydrogen-bond donors (Lipinski definition) is 2. The highest BCUT2D eigenvalue weighted by Crippen LogP contribution is 2.47. The SMILES string of the molecule is O=C(O)/C=C/c1ncccc1/C(=C(\c1ccc(F)cc1Cl)C1CCC1)c1ccc2[nH]nc(F)c2c1. The van der Waals surface area contributed by atoms with Crippen molar-refractivity contribution < 1.29 is 18.7 Å². The van der Waals surface area contributed by atoms with Gasteiger partial charge in [-0.3, -0.25) is 10.1 Å². The standard InChI is InChI=1S/C27H20ClF2N3O2/c28-21-14-17(29)7-8-18(21)25(15-3-1-4-15)26(16-6-9-23-20(13-16)27(30)33-32-23)19-5-2-12-31-22(19)10-11-24(34)35/h2,5-15H,1,3-4H2,(H,32,33)(H,34,35)/b11-10+,26-25-. The Bertz CT molecular complexity index is 1510. The lowest BCUT2D eigenvalue weighted by molar-refractivity contribution is -0.131. The van der Waals surface area contributed by atoms with Gasteiger partial charge < -0.3 is 5.11 Å². The number of hydrogen-bond acceptors (Lipinski definition) is 3. The third-order valence-corrected chi connectivity index (χ3v) is 6.61. The van der Waals surface area contributed by atoms with Crippen LogP contribution in [-0.4, -0.2) is 26.3 Å². The van der Waals surface area contributed by atoms with Crippen molar-refractivity contribution in [3.05, 3.63) is 100.0 Å². The predicted octanol–water partition coefficient (Wildman–Crippen LogP) is 6.75. The number of aliphatic carboxylic acids is 1. The van der Waals surface area contributed by atoms with Crippen molar-refractivity contribution in [2.24, 2.45) is 5.92 Å². The Morgan fingerprint density at radius 1 is 1.11 bits per heavy atom. The van der Waals surface area contributed by atoms with Gasteiger partial charge in [-0.25, -0.2) is 9.18 Å². The van der Waals surface area contributed by atoms with Gasteiger partial charge in [0.25, 0.3) is 0 Å². The summed E-state index contributed by atoms with van der Waals surface area (Å²) in [7, 11) is 0. The number of rotatable bonds is 6. The maximum Gasteiger partial charge on any atom is 0.328 e. The van der Waals surface area contributed by atoms with Gasteiger partial charge in [0, 0.05) is 17.8 Å². The van der Waals surface area contributed by atoms with Crippen LogP contribution < -0.4 is 0 Å². The molecule has 0 aliphatic heterocycles. The highest BCUT2D eigenvalue weighted by molar-refractivity contribution is 6.32. The van der Waals surface area contributed by atoms with Crippen LogP contribution in [0.25, 0.3) is 28.1 Å². The summed E-state index contributed by atoms with van der Waals surface area (Å²) in [5.74, 6) is -2.03. The molecule has 0 atom stereocenters. The summed E-state index contributed by atoms with van der Waals surface area (Å²) in [4.78, 5) is 15.7. The first-order chi connectivity index (χ1) is 16.9. The van der Waals surface area contributed by atoms with E-state index in [0.717, 1.165) is 36.5 Å². The first-order valence-corrected chi connectivity index (χ1v) is 11.5. The number of halogens is 3. The molecule has 0 unspecified atom stereocenters. The van der Waals surface area contributed by atoms with Crippen LogP contribution >= 0.6 is 11.6 Å². The van der Waals surface area contributed by atoms with Gasteiger partial charge in [-0.2, -0.15) is 4.39 Å². The molecule has 35 heavy (non-hydrogen) atoms. The van der Waals surface area contributed by atoms with Gasteiger partial charge in [0.2, 0.25) is 5.95 Å². The molecule has 0 amide bonds. The highest BCUT2D eigenvalue weighted by atomic mass is 35.5. The number of pyridine rings is 1. The second kappa shape index (κ2) is 9.43. The second-order valence-electron chi connectivity index (χ2n) is 8.42. The lowest BCUT2D eigenvalue weighted by atomic mass is 9.73. The Labute approximate surface area is 204 Å². The molecule has 2 N–H and O–H groups in total. The van der Waals surface area contributed by atoms with E-state index in [2.05, 4.69) is 15.2 Å². The molecule has 1 saturated carbocycles. The second-order valence-corrected chi connectivity index (χ2v) is 8.83. The Morgan fingerprint density at radius 3 is 2.66 bits per heavy atom. The Kier molecular flexibility index (Phi) is 6.17. The van der Waals surface area contributed by atoms with Crippen LogP contribution in [0, 0.1) is 17.7 Å². The number of carboxylic acids is 1. The molecule has 1 aliphatic rings. The van der Waals surface area contributed by atoms with Crippen molar-refractivity contribution in [3.8, 4) is 0 Å². The van der Waals surface area contributed by atoms with Crippen molar-refractivity contribution >= 4 is 45.7 Å². The van der Waals surface area contributed by atoms with Gasteiger partial charge in [-0.1, -0.05) is 36.2 Å². The highest BCUT2D eigenvalue weighted by Gasteiger charge is 2.29. The molecule has 8 heteroatoms. The largest absolute Gasteiger partial charge is 0.478 e. The Morgan fingerprint density at radius 2 is 1.94 bits per heavy atom. The molecule has 2 aromatic carbocycles. The van der Waals surface area contributed by atoms with E-state index in [4.69, 9.17) is 11.6 Å². The number of nitrogens with one attached hydrogen (secondary N) is 1. The van der Waals surface area contributed by atoms with Gasteiger partial charge >= 0.3 is 5.97 Å². The fourth-order valence-electron chi connectivity index (χ4n) is 4.47. The zero-order chi connectivity index (χ0) is 24.5. The van der Waals surface area contributed by atoms with E-state index in [0.29, 0.717) is 33.3 Å². The molecule has 5 rings (SSSR count). The molecule has 0 spiro atoms. The first-order valence-electron chi connectivity index (χ1n) is 11.1. The third kappa shape index (κ3) is 4.47. The molecule has 2 heterocycles. The number of nitrogens with zero attached hydrogens (tertiary/aromatic N) is 2. The third-order valence-electron chi connectivity index (χ3n) is 6.30.